The number of hydrogen-bond acceptors (Lipinski definition) is 4. The molecule has 1 aromatic carbocycles. The highest BCUT2D eigenvalue weighted by Gasteiger charge is 2.19. The number of hydrogen-bond donors (Lipinski definition) is 2. The number of aromatic nitrogens is 2. The van der Waals surface area contributed by atoms with Crippen LogP contribution >= 0.6 is 0 Å². The number of fused-ring (bicyclic) bond motifs is 3. The van der Waals surface area contributed by atoms with Crippen molar-refractivity contribution >= 4 is 29.5 Å². The molecule has 0 saturated heterocycles. The third-order valence-electron chi connectivity index (χ3n) is 2.86. The molecule has 0 unspecified atom stereocenters. The minimum atomic E-state index is -0.587. The maximum atomic E-state index is 11.2. The zero-order valence-corrected chi connectivity index (χ0v) is 10.3. The van der Waals surface area contributed by atoms with Gasteiger partial charge in [0.15, 0.2) is 0 Å². The minimum absolute atomic E-state index is 0.513. The lowest BCUT2D eigenvalue weighted by Crippen LogP contribution is -2.33. The summed E-state index contributed by atoms with van der Waals surface area (Å²) in [5.74, 6) is -1.10. The van der Waals surface area contributed by atoms with Crippen molar-refractivity contribution in [1.82, 2.24) is 9.97 Å². The number of aromatic amines is 1. The Morgan fingerprint density at radius 2 is 2.05 bits per heavy atom. The SMILES string of the molecule is O=C1C=c2ccc3c(c2NC1=O)C=CN=3.c1c[nH]cn1. The van der Waals surface area contributed by atoms with E-state index >= 15 is 0 Å². The van der Waals surface area contributed by atoms with Gasteiger partial charge in [-0.15, -0.1) is 0 Å². The molecular weight excluding hydrogens is 256 g/mol. The highest BCUT2D eigenvalue weighted by Crippen LogP contribution is 2.13. The van der Waals surface area contributed by atoms with Crippen molar-refractivity contribution < 1.29 is 9.59 Å². The first-order valence-corrected chi connectivity index (χ1v) is 5.93. The Balaban J connectivity index is 0.000000205. The third-order valence-corrected chi connectivity index (χ3v) is 2.86. The van der Waals surface area contributed by atoms with E-state index in [0.29, 0.717) is 5.69 Å². The number of nitrogens with one attached hydrogen (secondary N) is 2. The van der Waals surface area contributed by atoms with Crippen molar-refractivity contribution in [1.29, 1.82) is 0 Å². The van der Waals surface area contributed by atoms with Crippen LogP contribution < -0.4 is 15.9 Å². The van der Waals surface area contributed by atoms with E-state index < -0.39 is 11.7 Å². The van der Waals surface area contributed by atoms with Crippen molar-refractivity contribution in [3.63, 3.8) is 0 Å². The number of ketones is 1. The fraction of sp³-hybridized carbons (Fsp3) is 0. The van der Waals surface area contributed by atoms with Gasteiger partial charge >= 0.3 is 0 Å². The molecule has 1 aromatic heterocycles. The second kappa shape index (κ2) is 4.93. The van der Waals surface area contributed by atoms with Crippen LogP contribution in [0.5, 0.6) is 0 Å². The molecule has 2 aromatic rings. The molecule has 0 bridgehead atoms. The van der Waals surface area contributed by atoms with Crippen molar-refractivity contribution in [2.75, 3.05) is 5.32 Å². The summed E-state index contributed by atoms with van der Waals surface area (Å²) < 4.78 is 0. The number of benzene rings is 1. The van der Waals surface area contributed by atoms with Crippen LogP contribution in [0.1, 0.15) is 5.56 Å². The molecule has 6 heteroatoms. The number of carbonyl (C=O) groups is 2. The summed E-state index contributed by atoms with van der Waals surface area (Å²) >= 11 is 0. The summed E-state index contributed by atoms with van der Waals surface area (Å²) in [5, 5.41) is 4.13. The van der Waals surface area contributed by atoms with Gasteiger partial charge in [-0.25, -0.2) is 4.98 Å². The normalized spacial score (nSPS) is 14.2. The number of Topliss-reactive ketones (excluding diaryl/α,β-unsaturated/α-hetero) is 1. The van der Waals surface area contributed by atoms with Crippen molar-refractivity contribution in [2.45, 2.75) is 0 Å². The van der Waals surface area contributed by atoms with Crippen LogP contribution in [0, 0.1) is 0 Å². The summed E-state index contributed by atoms with van der Waals surface area (Å²) in [4.78, 5) is 32.9. The minimum Gasteiger partial charge on any atom is -0.351 e. The average molecular weight is 266 g/mol. The van der Waals surface area contributed by atoms with Gasteiger partial charge in [-0.2, -0.15) is 0 Å². The van der Waals surface area contributed by atoms with Crippen LogP contribution in [0.4, 0.5) is 5.69 Å². The Morgan fingerprint density at radius 3 is 2.75 bits per heavy atom. The first-order valence-electron chi connectivity index (χ1n) is 5.93. The summed E-state index contributed by atoms with van der Waals surface area (Å²) in [6.45, 7) is 0. The molecule has 98 valence electrons. The van der Waals surface area contributed by atoms with E-state index in [4.69, 9.17) is 0 Å². The average Bonchev–Trinajstić information content (AvgIpc) is 3.14. The first kappa shape index (κ1) is 12.0. The monoisotopic (exact) mass is 266 g/mol. The van der Waals surface area contributed by atoms with E-state index in [1.165, 1.54) is 6.08 Å². The first-order chi connectivity index (χ1) is 9.75. The number of amides is 1. The van der Waals surface area contributed by atoms with Gasteiger partial charge < -0.3 is 10.3 Å². The molecule has 0 saturated carbocycles. The number of anilines is 1. The fourth-order valence-electron chi connectivity index (χ4n) is 1.96. The predicted octanol–water partition coefficient (Wildman–Crippen LogP) is 0.00190. The molecule has 2 aliphatic rings. The van der Waals surface area contributed by atoms with Gasteiger partial charge in [-0.1, -0.05) is 6.07 Å². The van der Waals surface area contributed by atoms with E-state index in [9.17, 15) is 9.59 Å². The molecule has 20 heavy (non-hydrogen) atoms. The van der Waals surface area contributed by atoms with Gasteiger partial charge in [0.05, 0.1) is 17.4 Å². The Kier molecular flexibility index (Phi) is 2.96. The van der Waals surface area contributed by atoms with Crippen LogP contribution in [0.2, 0.25) is 0 Å². The molecule has 1 amide bonds. The molecular formula is C14H10N4O2. The van der Waals surface area contributed by atoms with Crippen LogP contribution in [-0.4, -0.2) is 21.7 Å². The highest BCUT2D eigenvalue weighted by atomic mass is 16.2. The van der Waals surface area contributed by atoms with E-state index in [2.05, 4.69) is 20.3 Å². The fourth-order valence-corrected chi connectivity index (χ4v) is 1.96. The van der Waals surface area contributed by atoms with Crippen LogP contribution in [0.15, 0.2) is 42.0 Å². The van der Waals surface area contributed by atoms with E-state index in [1.54, 1.807) is 31.0 Å². The molecule has 4 rings (SSSR count). The van der Waals surface area contributed by atoms with Gasteiger partial charge in [-0.05, 0) is 12.1 Å². The third kappa shape index (κ3) is 2.14. The zero-order valence-electron chi connectivity index (χ0n) is 10.3. The van der Waals surface area contributed by atoms with Crippen molar-refractivity contribution in [3.8, 4) is 0 Å². The van der Waals surface area contributed by atoms with E-state index in [1.807, 2.05) is 12.1 Å². The van der Waals surface area contributed by atoms with Crippen LogP contribution in [0.3, 0.4) is 0 Å². The molecule has 3 heterocycles. The number of imidazole rings is 1. The molecule has 0 aliphatic carbocycles. The summed E-state index contributed by atoms with van der Waals surface area (Å²) in [5.41, 5.74) is 1.54. The molecule has 2 aliphatic heterocycles. The van der Waals surface area contributed by atoms with E-state index in [0.717, 1.165) is 16.1 Å². The Labute approximate surface area is 113 Å². The predicted molar refractivity (Wildman–Crippen MR) is 72.9 cm³/mol. The standard InChI is InChI=1S/C11H6N2O2.C3H4N2/c14-9-5-6-1-2-8-7(3-4-12-8)10(6)13-11(9)15;1-2-5-3-4-1/h1-5H,(H,13,15);1-3H,(H,4,5). The second-order valence-corrected chi connectivity index (χ2v) is 4.13. The zero-order chi connectivity index (χ0) is 13.9. The number of carbonyl (C=O) groups excluding carboxylic acids is 2. The lowest BCUT2D eigenvalue weighted by atomic mass is 10.1. The van der Waals surface area contributed by atoms with Gasteiger partial charge in [-0.3, -0.25) is 14.6 Å². The Bertz CT molecular complexity index is 802. The smallest absolute Gasteiger partial charge is 0.296 e. The molecule has 2 N–H and O–H groups in total. The molecule has 0 radical (unpaired) electrons. The Morgan fingerprint density at radius 1 is 1.15 bits per heavy atom. The number of rotatable bonds is 0. The van der Waals surface area contributed by atoms with Gasteiger partial charge in [0.25, 0.3) is 5.91 Å². The Hall–Kier alpha value is -3.02. The molecule has 6 nitrogen and oxygen atoms in total. The quantitative estimate of drug-likeness (QED) is 0.658. The second-order valence-electron chi connectivity index (χ2n) is 4.13. The van der Waals surface area contributed by atoms with Gasteiger partial charge in [0.1, 0.15) is 0 Å². The maximum Gasteiger partial charge on any atom is 0.296 e. The summed E-state index contributed by atoms with van der Waals surface area (Å²) in [7, 11) is 0. The van der Waals surface area contributed by atoms with Gasteiger partial charge in [0.2, 0.25) is 5.78 Å². The summed E-state index contributed by atoms with van der Waals surface area (Å²) in [6.07, 6.45) is 9.92. The van der Waals surface area contributed by atoms with Crippen LogP contribution in [0.25, 0.3) is 12.2 Å². The lowest BCUT2D eigenvalue weighted by Gasteiger charge is -2.11. The van der Waals surface area contributed by atoms with Crippen LogP contribution in [-0.2, 0) is 9.59 Å². The van der Waals surface area contributed by atoms with Crippen molar-refractivity contribution in [3.05, 3.63) is 53.2 Å². The molecule has 0 spiro atoms. The molecule has 0 fully saturated rings. The maximum absolute atomic E-state index is 11.2. The van der Waals surface area contributed by atoms with E-state index in [-0.39, 0.29) is 0 Å². The summed E-state index contributed by atoms with van der Waals surface area (Å²) in [6, 6.07) is 3.61. The topological polar surface area (TPSA) is 87.2 Å². The number of H-pyrrole nitrogens is 1. The highest BCUT2D eigenvalue weighted by molar-refractivity contribution is 6.52. The number of nitrogens with zero attached hydrogens (tertiary/aromatic N) is 2. The van der Waals surface area contributed by atoms with Crippen molar-refractivity contribution in [2.24, 2.45) is 4.99 Å². The van der Waals surface area contributed by atoms with Gasteiger partial charge in [0, 0.05) is 35.5 Å². The molecule has 0 atom stereocenters. The largest absolute Gasteiger partial charge is 0.351 e. The lowest BCUT2D eigenvalue weighted by molar-refractivity contribution is -0.131.